The molecule has 2 amide bonds. The lowest BCUT2D eigenvalue weighted by atomic mass is 9.85. The number of methoxy groups -OCH3 is 1. The summed E-state index contributed by atoms with van der Waals surface area (Å²) in [5.74, 6) is -0.465. The smallest absolute Gasteiger partial charge is 0.238 e. The van der Waals surface area contributed by atoms with Crippen LogP contribution in [-0.4, -0.2) is 18.9 Å². The van der Waals surface area contributed by atoms with Crippen LogP contribution in [0.15, 0.2) is 35.4 Å². The second kappa shape index (κ2) is 4.94. The topological polar surface area (TPSA) is 46.6 Å². The largest absolute Gasteiger partial charge is 0.495 e. The summed E-state index contributed by atoms with van der Waals surface area (Å²) in [6.07, 6.45) is 2.81. The highest BCUT2D eigenvalue weighted by molar-refractivity contribution is 6.30. The molecular formula is C15H14ClNO3. The van der Waals surface area contributed by atoms with Gasteiger partial charge in [-0.1, -0.05) is 29.8 Å². The highest BCUT2D eigenvalue weighted by Gasteiger charge is 2.49. The van der Waals surface area contributed by atoms with E-state index in [1.165, 1.54) is 12.0 Å². The molecule has 0 N–H and O–H groups in total. The van der Waals surface area contributed by atoms with E-state index in [1.807, 2.05) is 6.08 Å². The third-order valence-corrected chi connectivity index (χ3v) is 4.20. The van der Waals surface area contributed by atoms with Crippen LogP contribution in [0.3, 0.4) is 0 Å². The number of imide groups is 1. The number of rotatable bonds is 2. The first-order valence-electron chi connectivity index (χ1n) is 6.49. The molecule has 2 atom stereocenters. The van der Waals surface area contributed by atoms with Gasteiger partial charge in [-0.3, -0.25) is 9.59 Å². The van der Waals surface area contributed by atoms with Crippen molar-refractivity contribution in [1.29, 1.82) is 0 Å². The van der Waals surface area contributed by atoms with E-state index < -0.39 is 0 Å². The first-order valence-corrected chi connectivity index (χ1v) is 6.86. The van der Waals surface area contributed by atoms with Crippen LogP contribution in [0, 0.1) is 11.8 Å². The maximum atomic E-state index is 12.5. The predicted molar refractivity (Wildman–Crippen MR) is 75.6 cm³/mol. The van der Waals surface area contributed by atoms with Crippen LogP contribution in [0.5, 0.6) is 5.75 Å². The minimum absolute atomic E-state index is 0.162. The third kappa shape index (κ3) is 1.91. The fraction of sp³-hybridized carbons (Fsp3) is 0.333. The Hall–Kier alpha value is -1.81. The van der Waals surface area contributed by atoms with Gasteiger partial charge < -0.3 is 4.74 Å². The molecule has 0 aromatic heterocycles. The molecule has 2 aliphatic rings. The molecule has 20 heavy (non-hydrogen) atoms. The van der Waals surface area contributed by atoms with Crippen LogP contribution < -0.4 is 9.64 Å². The number of carbonyl (C=O) groups is 2. The van der Waals surface area contributed by atoms with E-state index in [0.717, 1.165) is 0 Å². The van der Waals surface area contributed by atoms with Crippen molar-refractivity contribution < 1.29 is 14.3 Å². The van der Waals surface area contributed by atoms with Crippen molar-refractivity contribution in [2.24, 2.45) is 11.8 Å². The Morgan fingerprint density at radius 1 is 1.20 bits per heavy atom. The molecule has 0 radical (unpaired) electrons. The van der Waals surface area contributed by atoms with Gasteiger partial charge >= 0.3 is 0 Å². The van der Waals surface area contributed by atoms with Gasteiger partial charge in [0.05, 0.1) is 24.6 Å². The summed E-state index contributed by atoms with van der Waals surface area (Å²) in [7, 11) is 1.52. The Morgan fingerprint density at radius 3 is 2.65 bits per heavy atom. The Kier molecular flexibility index (Phi) is 3.26. The van der Waals surface area contributed by atoms with Crippen molar-refractivity contribution in [2.75, 3.05) is 12.0 Å². The number of hydrogen-bond donors (Lipinski definition) is 0. The van der Waals surface area contributed by atoms with Gasteiger partial charge in [-0.2, -0.15) is 0 Å². The SMILES string of the molecule is COc1ccccc1N1C(=O)[C@H]2CC=C(Cl)C[C@@H]2C1=O. The number of carbonyl (C=O) groups excluding carboxylic acids is 2. The zero-order chi connectivity index (χ0) is 14.3. The van der Waals surface area contributed by atoms with Crippen LogP contribution in [0.2, 0.25) is 0 Å². The van der Waals surface area contributed by atoms with Gasteiger partial charge in [0.25, 0.3) is 0 Å². The maximum Gasteiger partial charge on any atom is 0.238 e. The summed E-state index contributed by atoms with van der Waals surface area (Å²) >= 11 is 6.00. The van der Waals surface area contributed by atoms with E-state index in [1.54, 1.807) is 24.3 Å². The van der Waals surface area contributed by atoms with Crippen molar-refractivity contribution in [3.05, 3.63) is 35.4 Å². The van der Waals surface area contributed by atoms with E-state index >= 15 is 0 Å². The van der Waals surface area contributed by atoms with E-state index in [0.29, 0.717) is 29.3 Å². The Morgan fingerprint density at radius 2 is 1.90 bits per heavy atom. The number of anilines is 1. The number of nitrogens with zero attached hydrogens (tertiary/aromatic N) is 1. The number of hydrogen-bond acceptors (Lipinski definition) is 3. The Labute approximate surface area is 122 Å². The van der Waals surface area contributed by atoms with Gasteiger partial charge in [-0.15, -0.1) is 0 Å². The molecule has 0 saturated carbocycles. The fourth-order valence-corrected chi connectivity index (χ4v) is 3.13. The molecule has 3 rings (SSSR count). The summed E-state index contributed by atoms with van der Waals surface area (Å²) < 4.78 is 5.24. The molecule has 1 aliphatic heterocycles. The van der Waals surface area contributed by atoms with Crippen molar-refractivity contribution in [1.82, 2.24) is 0 Å². The molecule has 1 aromatic carbocycles. The molecule has 0 bridgehead atoms. The van der Waals surface area contributed by atoms with Crippen molar-refractivity contribution in [3.63, 3.8) is 0 Å². The zero-order valence-corrected chi connectivity index (χ0v) is 11.8. The van der Waals surface area contributed by atoms with E-state index in [-0.39, 0.29) is 23.7 Å². The molecular weight excluding hydrogens is 278 g/mol. The number of fused-ring (bicyclic) bond motifs is 1. The lowest BCUT2D eigenvalue weighted by molar-refractivity contribution is -0.122. The molecule has 0 spiro atoms. The molecule has 1 fully saturated rings. The molecule has 1 aliphatic carbocycles. The van der Waals surface area contributed by atoms with Crippen molar-refractivity contribution in [2.45, 2.75) is 12.8 Å². The molecule has 1 heterocycles. The lowest BCUT2D eigenvalue weighted by Crippen LogP contribution is -2.31. The number of benzene rings is 1. The zero-order valence-electron chi connectivity index (χ0n) is 11.0. The third-order valence-electron chi connectivity index (χ3n) is 3.90. The number of halogens is 1. The lowest BCUT2D eigenvalue weighted by Gasteiger charge is -2.17. The standard InChI is InChI=1S/C15H14ClNO3/c1-20-13-5-3-2-4-12(13)17-14(18)10-7-6-9(16)8-11(10)15(17)19/h2-6,10-11H,7-8H2,1H3/t10-,11-/m0/s1. The van der Waals surface area contributed by atoms with Crippen LogP contribution in [0.4, 0.5) is 5.69 Å². The predicted octanol–water partition coefficient (Wildman–Crippen LogP) is 2.72. The summed E-state index contributed by atoms with van der Waals surface area (Å²) in [6.45, 7) is 0. The number of allylic oxidation sites excluding steroid dienone is 2. The van der Waals surface area contributed by atoms with Gasteiger partial charge in [0, 0.05) is 5.03 Å². The summed E-state index contributed by atoms with van der Waals surface area (Å²) in [6, 6.07) is 7.05. The second-order valence-electron chi connectivity index (χ2n) is 4.99. The first kappa shape index (κ1) is 13.2. The van der Waals surface area contributed by atoms with Gasteiger partial charge in [0.1, 0.15) is 5.75 Å². The number of amides is 2. The summed E-state index contributed by atoms with van der Waals surface area (Å²) in [4.78, 5) is 26.3. The highest BCUT2D eigenvalue weighted by atomic mass is 35.5. The van der Waals surface area contributed by atoms with Gasteiger partial charge in [0.2, 0.25) is 11.8 Å². The van der Waals surface area contributed by atoms with Crippen molar-refractivity contribution >= 4 is 29.1 Å². The van der Waals surface area contributed by atoms with E-state index in [4.69, 9.17) is 16.3 Å². The number of ether oxygens (including phenoxy) is 1. The van der Waals surface area contributed by atoms with E-state index in [2.05, 4.69) is 0 Å². The van der Waals surface area contributed by atoms with Gasteiger partial charge in [0.15, 0.2) is 0 Å². The maximum absolute atomic E-state index is 12.5. The Bertz CT molecular complexity index is 611. The van der Waals surface area contributed by atoms with Crippen LogP contribution in [0.1, 0.15) is 12.8 Å². The Balaban J connectivity index is 2.00. The van der Waals surface area contributed by atoms with Gasteiger partial charge in [-0.25, -0.2) is 4.90 Å². The first-order chi connectivity index (χ1) is 9.63. The molecule has 4 nitrogen and oxygen atoms in total. The van der Waals surface area contributed by atoms with Crippen LogP contribution in [0.25, 0.3) is 0 Å². The molecule has 104 valence electrons. The monoisotopic (exact) mass is 291 g/mol. The van der Waals surface area contributed by atoms with Crippen LogP contribution in [-0.2, 0) is 9.59 Å². The number of para-hydroxylation sites is 2. The summed E-state index contributed by atoms with van der Waals surface area (Å²) in [5, 5.41) is 0.661. The minimum atomic E-state index is -0.343. The molecule has 0 unspecified atom stereocenters. The normalized spacial score (nSPS) is 25.5. The van der Waals surface area contributed by atoms with E-state index in [9.17, 15) is 9.59 Å². The quantitative estimate of drug-likeness (QED) is 0.787. The molecule has 1 aromatic rings. The average molecular weight is 292 g/mol. The van der Waals surface area contributed by atoms with Gasteiger partial charge in [-0.05, 0) is 25.0 Å². The van der Waals surface area contributed by atoms with Crippen LogP contribution >= 0.6 is 11.6 Å². The van der Waals surface area contributed by atoms with Crippen molar-refractivity contribution in [3.8, 4) is 5.75 Å². The highest BCUT2D eigenvalue weighted by Crippen LogP contribution is 2.42. The molecule has 1 saturated heterocycles. The summed E-state index contributed by atoms with van der Waals surface area (Å²) in [5.41, 5.74) is 0.510. The molecule has 5 heteroatoms. The fourth-order valence-electron chi connectivity index (χ4n) is 2.88. The average Bonchev–Trinajstić information content (AvgIpc) is 2.70. The second-order valence-corrected chi connectivity index (χ2v) is 5.47. The minimum Gasteiger partial charge on any atom is -0.495 e.